The number of aliphatic hydroxyl groups excluding tert-OH is 1. The van der Waals surface area contributed by atoms with E-state index in [4.69, 9.17) is 21.4 Å². The number of aryl methyl sites for hydroxylation is 1. The summed E-state index contributed by atoms with van der Waals surface area (Å²) in [6.45, 7) is 1.95. The Kier molecular flexibility index (Phi) is 5.05. The van der Waals surface area contributed by atoms with Crippen molar-refractivity contribution in [2.45, 2.75) is 6.92 Å². The fourth-order valence-electron chi connectivity index (χ4n) is 2.22. The van der Waals surface area contributed by atoms with Crippen molar-refractivity contribution in [3.63, 3.8) is 0 Å². The molecule has 22 heavy (non-hydrogen) atoms. The van der Waals surface area contributed by atoms with Crippen LogP contribution in [0.1, 0.15) is 5.56 Å². The van der Waals surface area contributed by atoms with Crippen molar-refractivity contribution in [3.8, 4) is 0 Å². The standard InChI is InChI=1S/C15H17ClN2O4/c1-9-3-4-11(16)12(7-9)17-13-10(15(21)22-2)8-18(5-6-19)14(13)20/h3-4,7,17,19H,5-6,8H2,1-2H3. The van der Waals surface area contributed by atoms with E-state index in [-0.39, 0.29) is 36.9 Å². The van der Waals surface area contributed by atoms with Gasteiger partial charge in [-0.05, 0) is 24.6 Å². The van der Waals surface area contributed by atoms with Gasteiger partial charge in [-0.3, -0.25) is 4.79 Å². The SMILES string of the molecule is COC(=O)C1=C(Nc2cc(C)ccc2Cl)C(=O)N(CCO)C1. The number of hydrogen-bond acceptors (Lipinski definition) is 5. The summed E-state index contributed by atoms with van der Waals surface area (Å²) in [5.41, 5.74) is 1.85. The second-order valence-electron chi connectivity index (χ2n) is 4.90. The highest BCUT2D eigenvalue weighted by molar-refractivity contribution is 6.33. The van der Waals surface area contributed by atoms with Gasteiger partial charge in [-0.2, -0.15) is 0 Å². The third-order valence-electron chi connectivity index (χ3n) is 3.34. The number of methoxy groups -OCH3 is 1. The number of benzene rings is 1. The summed E-state index contributed by atoms with van der Waals surface area (Å²) >= 11 is 6.11. The number of hydrogen-bond donors (Lipinski definition) is 2. The summed E-state index contributed by atoms with van der Waals surface area (Å²) in [4.78, 5) is 25.6. The smallest absolute Gasteiger partial charge is 0.337 e. The molecular formula is C15H17ClN2O4. The molecule has 0 bridgehead atoms. The monoisotopic (exact) mass is 324 g/mol. The maximum atomic E-state index is 12.4. The molecule has 1 heterocycles. The molecule has 0 saturated heterocycles. The lowest BCUT2D eigenvalue weighted by Crippen LogP contribution is -2.31. The summed E-state index contributed by atoms with van der Waals surface area (Å²) in [6.07, 6.45) is 0. The van der Waals surface area contributed by atoms with Crippen LogP contribution in [0.25, 0.3) is 0 Å². The predicted molar refractivity (Wildman–Crippen MR) is 82.5 cm³/mol. The third kappa shape index (κ3) is 3.23. The summed E-state index contributed by atoms with van der Waals surface area (Å²) in [7, 11) is 1.26. The van der Waals surface area contributed by atoms with Crippen LogP contribution in [0.2, 0.25) is 5.02 Å². The van der Waals surface area contributed by atoms with Gasteiger partial charge in [0.1, 0.15) is 5.70 Å². The Morgan fingerprint density at radius 1 is 1.50 bits per heavy atom. The maximum absolute atomic E-state index is 12.4. The van der Waals surface area contributed by atoms with E-state index in [0.29, 0.717) is 10.7 Å². The van der Waals surface area contributed by atoms with Gasteiger partial charge < -0.3 is 20.1 Å². The molecule has 7 heteroatoms. The fourth-order valence-corrected chi connectivity index (χ4v) is 2.38. The van der Waals surface area contributed by atoms with Crippen molar-refractivity contribution in [2.75, 3.05) is 32.1 Å². The molecule has 1 aliphatic heterocycles. The number of carbonyl (C=O) groups is 2. The van der Waals surface area contributed by atoms with E-state index in [0.717, 1.165) is 5.56 Å². The lowest BCUT2D eigenvalue weighted by Gasteiger charge is -2.15. The lowest BCUT2D eigenvalue weighted by molar-refractivity contribution is -0.136. The third-order valence-corrected chi connectivity index (χ3v) is 3.66. The maximum Gasteiger partial charge on any atom is 0.337 e. The summed E-state index contributed by atoms with van der Waals surface area (Å²) < 4.78 is 4.72. The second-order valence-corrected chi connectivity index (χ2v) is 5.31. The molecule has 2 rings (SSSR count). The first-order chi connectivity index (χ1) is 10.5. The molecule has 6 nitrogen and oxygen atoms in total. The lowest BCUT2D eigenvalue weighted by atomic mass is 10.2. The summed E-state index contributed by atoms with van der Waals surface area (Å²) in [5, 5.41) is 12.4. The topological polar surface area (TPSA) is 78.9 Å². The van der Waals surface area contributed by atoms with Crippen LogP contribution in [0.4, 0.5) is 5.69 Å². The molecular weight excluding hydrogens is 308 g/mol. The minimum Gasteiger partial charge on any atom is -0.466 e. The first-order valence-corrected chi connectivity index (χ1v) is 7.10. The highest BCUT2D eigenvalue weighted by Crippen LogP contribution is 2.28. The number of halogens is 1. The number of amides is 1. The van der Waals surface area contributed by atoms with Crippen LogP contribution in [0.3, 0.4) is 0 Å². The van der Waals surface area contributed by atoms with Gasteiger partial charge in [-0.1, -0.05) is 17.7 Å². The Morgan fingerprint density at radius 2 is 2.23 bits per heavy atom. The van der Waals surface area contributed by atoms with Crippen LogP contribution in [-0.2, 0) is 14.3 Å². The van der Waals surface area contributed by atoms with E-state index in [2.05, 4.69) is 5.32 Å². The zero-order valence-corrected chi connectivity index (χ0v) is 13.1. The second kappa shape index (κ2) is 6.81. The Hall–Kier alpha value is -2.05. The van der Waals surface area contributed by atoms with Crippen molar-refractivity contribution in [1.29, 1.82) is 0 Å². The Labute approximate surface area is 133 Å². The van der Waals surface area contributed by atoms with Gasteiger partial charge >= 0.3 is 5.97 Å². The number of rotatable bonds is 5. The minimum atomic E-state index is -0.583. The van der Waals surface area contributed by atoms with Crippen molar-refractivity contribution in [2.24, 2.45) is 0 Å². The highest BCUT2D eigenvalue weighted by Gasteiger charge is 2.34. The van der Waals surface area contributed by atoms with Crippen LogP contribution in [0, 0.1) is 6.92 Å². The highest BCUT2D eigenvalue weighted by atomic mass is 35.5. The molecule has 0 radical (unpaired) electrons. The number of aliphatic hydroxyl groups is 1. The van der Waals surface area contributed by atoms with E-state index < -0.39 is 5.97 Å². The van der Waals surface area contributed by atoms with Crippen molar-refractivity contribution < 1.29 is 19.4 Å². The molecule has 1 aromatic carbocycles. The summed E-state index contributed by atoms with van der Waals surface area (Å²) in [5.74, 6) is -0.952. The van der Waals surface area contributed by atoms with Crippen LogP contribution in [0.5, 0.6) is 0 Å². The number of esters is 1. The van der Waals surface area contributed by atoms with Crippen LogP contribution in [0.15, 0.2) is 29.5 Å². The largest absolute Gasteiger partial charge is 0.466 e. The van der Waals surface area contributed by atoms with E-state index >= 15 is 0 Å². The van der Waals surface area contributed by atoms with Gasteiger partial charge in [-0.15, -0.1) is 0 Å². The molecule has 0 aromatic heterocycles. The molecule has 0 spiro atoms. The van der Waals surface area contributed by atoms with Gasteiger partial charge in [0.15, 0.2) is 0 Å². The van der Waals surface area contributed by atoms with Gasteiger partial charge in [0, 0.05) is 6.54 Å². The van der Waals surface area contributed by atoms with E-state index in [9.17, 15) is 9.59 Å². The quantitative estimate of drug-likeness (QED) is 0.799. The molecule has 0 unspecified atom stereocenters. The average Bonchev–Trinajstić information content (AvgIpc) is 2.80. The predicted octanol–water partition coefficient (Wildman–Crippen LogP) is 1.32. The Bertz CT molecular complexity index is 642. The minimum absolute atomic E-state index is 0.0951. The normalized spacial score (nSPS) is 14.5. The van der Waals surface area contributed by atoms with Gasteiger partial charge in [0.05, 0.1) is 36.5 Å². The molecule has 1 aliphatic rings. The molecule has 2 N–H and O–H groups in total. The average molecular weight is 325 g/mol. The van der Waals surface area contributed by atoms with Gasteiger partial charge in [0.25, 0.3) is 5.91 Å². The Balaban J connectivity index is 2.36. The molecule has 1 aromatic rings. The first kappa shape index (κ1) is 16.3. The van der Waals surface area contributed by atoms with Gasteiger partial charge in [0.2, 0.25) is 0 Å². The van der Waals surface area contributed by atoms with E-state index in [1.165, 1.54) is 12.0 Å². The molecule has 1 amide bonds. The number of nitrogens with zero attached hydrogens (tertiary/aromatic N) is 1. The number of β-amino-alcohol motifs (C(OH)–C–C–N with tert-alkyl or cyclic N) is 1. The first-order valence-electron chi connectivity index (χ1n) is 6.72. The van der Waals surface area contributed by atoms with Crippen LogP contribution in [-0.4, -0.2) is 48.7 Å². The zero-order chi connectivity index (χ0) is 16.3. The molecule has 0 atom stereocenters. The number of anilines is 1. The number of nitrogens with one attached hydrogen (secondary N) is 1. The van der Waals surface area contributed by atoms with Crippen molar-refractivity contribution in [3.05, 3.63) is 40.1 Å². The van der Waals surface area contributed by atoms with Crippen LogP contribution >= 0.6 is 11.6 Å². The Morgan fingerprint density at radius 3 is 2.86 bits per heavy atom. The molecule has 0 fully saturated rings. The number of ether oxygens (including phenoxy) is 1. The molecule has 118 valence electrons. The molecule has 0 aliphatic carbocycles. The van der Waals surface area contributed by atoms with Gasteiger partial charge in [-0.25, -0.2) is 4.79 Å². The fraction of sp³-hybridized carbons (Fsp3) is 0.333. The van der Waals surface area contributed by atoms with Crippen molar-refractivity contribution in [1.82, 2.24) is 4.90 Å². The molecule has 0 saturated carbocycles. The van der Waals surface area contributed by atoms with E-state index in [1.807, 2.05) is 13.0 Å². The zero-order valence-electron chi connectivity index (χ0n) is 12.4. The summed E-state index contributed by atoms with van der Waals surface area (Å²) in [6, 6.07) is 5.34. The van der Waals surface area contributed by atoms with Crippen molar-refractivity contribution >= 4 is 29.2 Å². The van der Waals surface area contributed by atoms with Crippen LogP contribution < -0.4 is 5.32 Å². The van der Waals surface area contributed by atoms with E-state index in [1.54, 1.807) is 12.1 Å². The number of carbonyl (C=O) groups excluding carboxylic acids is 2.